The van der Waals surface area contributed by atoms with Crippen LogP contribution in [0, 0.1) is 0 Å². The molecule has 0 radical (unpaired) electrons. The first kappa shape index (κ1) is 21.6. The monoisotopic (exact) mass is 443 g/mol. The Morgan fingerprint density at radius 2 is 1.42 bits per heavy atom. The third-order valence-electron chi connectivity index (χ3n) is 4.91. The standard InChI is InChI=1S/C25H17NO7/c1-15(27)33-19-11-9-16(10-12-19)22(28)14-32-25(31)17-5-4-6-18(13-17)26-23(29)20-7-2-3-8-21(20)24(26)30/h2-13H,14H2,1H3. The number of hydrogen-bond acceptors (Lipinski definition) is 7. The van der Waals surface area contributed by atoms with Gasteiger partial charge in [-0.1, -0.05) is 18.2 Å². The molecular formula is C25H17NO7. The minimum Gasteiger partial charge on any atom is -0.454 e. The number of hydrogen-bond donors (Lipinski definition) is 0. The van der Waals surface area contributed by atoms with E-state index >= 15 is 0 Å². The fourth-order valence-corrected chi connectivity index (χ4v) is 3.37. The van der Waals surface area contributed by atoms with Crippen LogP contribution in [0.25, 0.3) is 0 Å². The molecule has 2 amide bonds. The Hall–Kier alpha value is -4.59. The van der Waals surface area contributed by atoms with Gasteiger partial charge < -0.3 is 9.47 Å². The number of ether oxygens (including phenoxy) is 2. The molecule has 0 bridgehead atoms. The number of imide groups is 1. The van der Waals surface area contributed by atoms with Gasteiger partial charge in [0, 0.05) is 12.5 Å². The van der Waals surface area contributed by atoms with Gasteiger partial charge >= 0.3 is 11.9 Å². The largest absolute Gasteiger partial charge is 0.454 e. The SMILES string of the molecule is CC(=O)Oc1ccc(C(=O)COC(=O)c2cccc(N3C(=O)c4ccccc4C3=O)c2)cc1. The van der Waals surface area contributed by atoms with Gasteiger partial charge in [-0.3, -0.25) is 19.2 Å². The summed E-state index contributed by atoms with van der Waals surface area (Å²) in [7, 11) is 0. The number of carbonyl (C=O) groups is 5. The molecule has 0 spiro atoms. The number of nitrogens with zero attached hydrogens (tertiary/aromatic N) is 1. The lowest BCUT2D eigenvalue weighted by Crippen LogP contribution is -2.29. The summed E-state index contributed by atoms with van der Waals surface area (Å²) in [6.45, 7) is 0.755. The summed E-state index contributed by atoms with van der Waals surface area (Å²) < 4.78 is 10.0. The van der Waals surface area contributed by atoms with E-state index < -0.39 is 36.1 Å². The molecule has 4 rings (SSSR count). The molecule has 0 saturated carbocycles. The summed E-state index contributed by atoms with van der Waals surface area (Å²) in [5.41, 5.74) is 1.17. The minimum absolute atomic E-state index is 0.0852. The molecule has 1 aliphatic heterocycles. The highest BCUT2D eigenvalue weighted by Crippen LogP contribution is 2.28. The maximum absolute atomic E-state index is 12.7. The van der Waals surface area contributed by atoms with Crippen LogP contribution in [-0.2, 0) is 9.53 Å². The lowest BCUT2D eigenvalue weighted by atomic mass is 10.1. The highest BCUT2D eigenvalue weighted by atomic mass is 16.5. The van der Waals surface area contributed by atoms with Gasteiger partial charge in [0.25, 0.3) is 11.8 Å². The van der Waals surface area contributed by atoms with E-state index in [9.17, 15) is 24.0 Å². The number of fused-ring (bicyclic) bond motifs is 1. The van der Waals surface area contributed by atoms with E-state index in [0.717, 1.165) is 4.90 Å². The smallest absolute Gasteiger partial charge is 0.338 e. The molecule has 0 atom stereocenters. The van der Waals surface area contributed by atoms with Gasteiger partial charge in [-0.15, -0.1) is 0 Å². The number of Topliss-reactive ketones (excluding diaryl/α,β-unsaturated/α-hetero) is 1. The molecule has 33 heavy (non-hydrogen) atoms. The normalized spacial score (nSPS) is 12.3. The first-order chi connectivity index (χ1) is 15.8. The highest BCUT2D eigenvalue weighted by molar-refractivity contribution is 6.34. The van der Waals surface area contributed by atoms with Crippen molar-refractivity contribution < 1.29 is 33.4 Å². The van der Waals surface area contributed by atoms with E-state index in [1.165, 1.54) is 55.5 Å². The molecule has 0 aliphatic carbocycles. The quantitative estimate of drug-likeness (QED) is 0.249. The number of benzene rings is 3. The Morgan fingerprint density at radius 3 is 2.03 bits per heavy atom. The minimum atomic E-state index is -0.779. The second kappa shape index (κ2) is 8.88. The van der Waals surface area contributed by atoms with E-state index in [1.807, 2.05) is 0 Å². The van der Waals surface area contributed by atoms with Crippen LogP contribution in [0.15, 0.2) is 72.8 Å². The molecule has 8 nitrogen and oxygen atoms in total. The fraction of sp³-hybridized carbons (Fsp3) is 0.0800. The molecule has 164 valence electrons. The van der Waals surface area contributed by atoms with Crippen molar-refractivity contribution in [1.82, 2.24) is 0 Å². The number of esters is 2. The predicted molar refractivity (Wildman–Crippen MR) is 116 cm³/mol. The average molecular weight is 443 g/mol. The topological polar surface area (TPSA) is 107 Å². The third-order valence-corrected chi connectivity index (χ3v) is 4.91. The zero-order chi connectivity index (χ0) is 23.5. The zero-order valence-corrected chi connectivity index (χ0v) is 17.4. The van der Waals surface area contributed by atoms with Crippen LogP contribution in [0.2, 0.25) is 0 Å². The van der Waals surface area contributed by atoms with Gasteiger partial charge in [0.05, 0.1) is 22.4 Å². The summed E-state index contributed by atoms with van der Waals surface area (Å²) >= 11 is 0. The van der Waals surface area contributed by atoms with Crippen molar-refractivity contribution in [1.29, 1.82) is 0 Å². The Morgan fingerprint density at radius 1 is 0.788 bits per heavy atom. The summed E-state index contributed by atoms with van der Waals surface area (Å²) in [6, 6.07) is 18.2. The fourth-order valence-electron chi connectivity index (χ4n) is 3.37. The van der Waals surface area contributed by atoms with Crippen LogP contribution in [0.1, 0.15) is 48.4 Å². The van der Waals surface area contributed by atoms with Crippen LogP contribution in [0.4, 0.5) is 5.69 Å². The van der Waals surface area contributed by atoms with Crippen molar-refractivity contribution in [3.05, 3.63) is 95.1 Å². The van der Waals surface area contributed by atoms with Gasteiger partial charge in [0.2, 0.25) is 0 Å². The van der Waals surface area contributed by atoms with Crippen molar-refractivity contribution in [2.45, 2.75) is 6.92 Å². The predicted octanol–water partition coefficient (Wildman–Crippen LogP) is 3.45. The Kier molecular flexibility index (Phi) is 5.82. The van der Waals surface area contributed by atoms with Gasteiger partial charge in [-0.25, -0.2) is 9.69 Å². The van der Waals surface area contributed by atoms with Crippen LogP contribution in [0.5, 0.6) is 5.75 Å². The summed E-state index contributed by atoms with van der Waals surface area (Å²) in [5, 5.41) is 0. The lowest BCUT2D eigenvalue weighted by Gasteiger charge is -2.14. The molecule has 0 fully saturated rings. The van der Waals surface area contributed by atoms with Gasteiger partial charge in [0.15, 0.2) is 12.4 Å². The molecule has 0 aromatic heterocycles. The van der Waals surface area contributed by atoms with E-state index in [0.29, 0.717) is 16.9 Å². The Labute approximate surface area is 188 Å². The molecular weight excluding hydrogens is 426 g/mol. The van der Waals surface area contributed by atoms with Gasteiger partial charge in [0.1, 0.15) is 5.75 Å². The lowest BCUT2D eigenvalue weighted by molar-refractivity contribution is -0.131. The van der Waals surface area contributed by atoms with Crippen molar-refractivity contribution in [3.8, 4) is 5.75 Å². The number of carbonyl (C=O) groups excluding carboxylic acids is 5. The van der Waals surface area contributed by atoms with E-state index in [2.05, 4.69) is 0 Å². The Balaban J connectivity index is 1.43. The van der Waals surface area contributed by atoms with Crippen LogP contribution in [-0.4, -0.2) is 36.1 Å². The third kappa shape index (κ3) is 4.40. The van der Waals surface area contributed by atoms with Gasteiger partial charge in [-0.2, -0.15) is 0 Å². The molecule has 3 aromatic rings. The molecule has 8 heteroatoms. The number of ketones is 1. The van der Waals surface area contributed by atoms with Crippen molar-refractivity contribution in [3.63, 3.8) is 0 Å². The van der Waals surface area contributed by atoms with Crippen molar-refractivity contribution in [2.24, 2.45) is 0 Å². The molecule has 0 N–H and O–H groups in total. The van der Waals surface area contributed by atoms with E-state index in [4.69, 9.17) is 9.47 Å². The molecule has 3 aromatic carbocycles. The highest BCUT2D eigenvalue weighted by Gasteiger charge is 2.36. The number of rotatable bonds is 6. The van der Waals surface area contributed by atoms with Gasteiger partial charge in [-0.05, 0) is 54.6 Å². The maximum atomic E-state index is 12.7. The molecule has 0 saturated heterocycles. The van der Waals surface area contributed by atoms with Crippen LogP contribution < -0.4 is 9.64 Å². The van der Waals surface area contributed by atoms with E-state index in [-0.39, 0.29) is 16.8 Å². The van der Waals surface area contributed by atoms with E-state index in [1.54, 1.807) is 24.3 Å². The first-order valence-corrected chi connectivity index (χ1v) is 9.92. The van der Waals surface area contributed by atoms with Crippen molar-refractivity contribution >= 4 is 35.2 Å². The first-order valence-electron chi connectivity index (χ1n) is 9.92. The molecule has 1 heterocycles. The van der Waals surface area contributed by atoms with Crippen LogP contribution >= 0.6 is 0 Å². The molecule has 1 aliphatic rings. The summed E-state index contributed by atoms with van der Waals surface area (Å²) in [4.78, 5) is 62.1. The average Bonchev–Trinajstić information content (AvgIpc) is 3.07. The zero-order valence-electron chi connectivity index (χ0n) is 17.4. The second-order valence-electron chi connectivity index (χ2n) is 7.16. The summed E-state index contributed by atoms with van der Waals surface area (Å²) in [5.74, 6) is -2.37. The second-order valence-corrected chi connectivity index (χ2v) is 7.16. The molecule has 0 unspecified atom stereocenters. The Bertz CT molecular complexity index is 1260. The van der Waals surface area contributed by atoms with Crippen LogP contribution in [0.3, 0.4) is 0 Å². The maximum Gasteiger partial charge on any atom is 0.338 e. The number of anilines is 1. The number of amides is 2. The summed E-state index contributed by atoms with van der Waals surface area (Å²) in [6.07, 6.45) is 0. The van der Waals surface area contributed by atoms with Crippen molar-refractivity contribution in [2.75, 3.05) is 11.5 Å².